The Morgan fingerprint density at radius 1 is 1.29 bits per heavy atom. The van der Waals surface area contributed by atoms with Crippen molar-refractivity contribution in [1.29, 1.82) is 0 Å². The Kier molecular flexibility index (Phi) is 4.30. The molecule has 24 heavy (non-hydrogen) atoms. The number of aromatic nitrogens is 2. The number of benzene rings is 1. The van der Waals surface area contributed by atoms with Gasteiger partial charge in [-0.2, -0.15) is 4.98 Å². The maximum atomic E-state index is 11.9. The van der Waals surface area contributed by atoms with Gasteiger partial charge in [0.25, 0.3) is 0 Å². The first kappa shape index (κ1) is 16.5. The van der Waals surface area contributed by atoms with Gasteiger partial charge < -0.3 is 15.2 Å². The Morgan fingerprint density at radius 3 is 2.62 bits per heavy atom. The minimum atomic E-state index is -0.144. The molecule has 0 radical (unpaired) electrons. The third kappa shape index (κ3) is 3.93. The number of nitrogens with one attached hydrogen (secondary N) is 2. The number of nitrogens with zero attached hydrogens (tertiary/aromatic N) is 2. The van der Waals surface area contributed by atoms with Gasteiger partial charge in [0.05, 0.1) is 0 Å². The van der Waals surface area contributed by atoms with E-state index in [4.69, 9.17) is 4.52 Å². The number of carbonyl (C=O) groups is 1. The van der Waals surface area contributed by atoms with E-state index in [1.807, 2.05) is 52.0 Å². The zero-order valence-electron chi connectivity index (χ0n) is 14.6. The maximum Gasteiger partial charge on any atom is 0.248 e. The normalized spacial score (nSPS) is 15.8. The van der Waals surface area contributed by atoms with Crippen LogP contribution in [0.4, 0.5) is 11.4 Å². The summed E-state index contributed by atoms with van der Waals surface area (Å²) in [6.07, 6.45) is 1.99. The van der Waals surface area contributed by atoms with Crippen LogP contribution in [0.3, 0.4) is 0 Å². The molecule has 1 heterocycles. The average Bonchev–Trinajstić information content (AvgIpc) is 3.22. The topological polar surface area (TPSA) is 80.0 Å². The van der Waals surface area contributed by atoms with Gasteiger partial charge in [0.2, 0.25) is 11.8 Å². The van der Waals surface area contributed by atoms with Crippen molar-refractivity contribution < 1.29 is 9.32 Å². The van der Waals surface area contributed by atoms with Crippen LogP contribution < -0.4 is 10.6 Å². The van der Waals surface area contributed by atoms with Gasteiger partial charge in [-0.05, 0) is 38.0 Å². The van der Waals surface area contributed by atoms with E-state index in [2.05, 4.69) is 20.8 Å². The molecule has 0 saturated heterocycles. The van der Waals surface area contributed by atoms with Gasteiger partial charge in [0, 0.05) is 22.7 Å². The van der Waals surface area contributed by atoms with Crippen LogP contribution in [0.1, 0.15) is 58.3 Å². The molecule has 1 aliphatic carbocycles. The van der Waals surface area contributed by atoms with Gasteiger partial charge in [0.1, 0.15) is 6.04 Å². The molecule has 1 aliphatic rings. The number of carbonyl (C=O) groups excluding carboxylic acids is 1. The van der Waals surface area contributed by atoms with Crippen LogP contribution in [0.25, 0.3) is 0 Å². The molecule has 1 atom stereocenters. The number of hydrogen-bond donors (Lipinski definition) is 2. The van der Waals surface area contributed by atoms with Gasteiger partial charge in [-0.15, -0.1) is 0 Å². The summed E-state index contributed by atoms with van der Waals surface area (Å²) >= 11 is 0. The van der Waals surface area contributed by atoms with Crippen molar-refractivity contribution in [2.75, 3.05) is 10.6 Å². The van der Waals surface area contributed by atoms with E-state index < -0.39 is 0 Å². The quantitative estimate of drug-likeness (QED) is 0.870. The summed E-state index contributed by atoms with van der Waals surface area (Å²) in [5, 5.41) is 10.3. The monoisotopic (exact) mass is 328 g/mol. The highest BCUT2D eigenvalue weighted by Crippen LogP contribution is 2.30. The number of amides is 1. The van der Waals surface area contributed by atoms with Crippen molar-refractivity contribution in [3.8, 4) is 0 Å². The fourth-order valence-corrected chi connectivity index (χ4v) is 2.30. The summed E-state index contributed by atoms with van der Waals surface area (Å²) < 4.78 is 5.37. The van der Waals surface area contributed by atoms with E-state index in [0.717, 1.165) is 24.2 Å². The minimum absolute atomic E-state index is 0.104. The summed E-state index contributed by atoms with van der Waals surface area (Å²) in [6.45, 7) is 8.11. The molecule has 0 aliphatic heterocycles. The molecule has 3 rings (SSSR count). The molecular weight excluding hydrogens is 304 g/mol. The van der Waals surface area contributed by atoms with Crippen LogP contribution in [0.2, 0.25) is 0 Å². The number of anilines is 2. The summed E-state index contributed by atoms with van der Waals surface area (Å²) in [4.78, 5) is 16.3. The molecule has 2 aromatic rings. The lowest BCUT2D eigenvalue weighted by Gasteiger charge is -2.13. The second-order valence-corrected chi connectivity index (χ2v) is 7.42. The molecule has 128 valence electrons. The first-order valence-corrected chi connectivity index (χ1v) is 8.34. The highest BCUT2D eigenvalue weighted by Gasteiger charge is 2.29. The van der Waals surface area contributed by atoms with Gasteiger partial charge in [0.15, 0.2) is 5.82 Å². The molecule has 0 spiro atoms. The summed E-state index contributed by atoms with van der Waals surface area (Å²) in [5.74, 6) is 1.53. The highest BCUT2D eigenvalue weighted by molar-refractivity contribution is 5.94. The zero-order chi connectivity index (χ0) is 17.3. The maximum absolute atomic E-state index is 11.9. The lowest BCUT2D eigenvalue weighted by Crippen LogP contribution is -2.14. The van der Waals surface area contributed by atoms with Crippen LogP contribution in [0.15, 0.2) is 28.8 Å². The summed E-state index contributed by atoms with van der Waals surface area (Å²) in [5.41, 5.74) is 1.55. The molecule has 1 fully saturated rings. The van der Waals surface area contributed by atoms with Crippen LogP contribution in [0, 0.1) is 5.92 Å². The van der Waals surface area contributed by atoms with Crippen LogP contribution in [-0.2, 0) is 10.2 Å². The molecule has 6 nitrogen and oxygen atoms in total. The number of rotatable bonds is 5. The van der Waals surface area contributed by atoms with E-state index in [1.165, 1.54) is 0 Å². The van der Waals surface area contributed by atoms with Crippen molar-refractivity contribution >= 4 is 17.3 Å². The Morgan fingerprint density at radius 2 is 2.00 bits per heavy atom. The first-order chi connectivity index (χ1) is 11.3. The van der Waals surface area contributed by atoms with E-state index in [-0.39, 0.29) is 23.3 Å². The highest BCUT2D eigenvalue weighted by atomic mass is 16.5. The third-order valence-corrected chi connectivity index (χ3v) is 3.94. The molecule has 2 N–H and O–H groups in total. The predicted molar refractivity (Wildman–Crippen MR) is 92.8 cm³/mol. The molecule has 1 aromatic carbocycles. The zero-order valence-corrected chi connectivity index (χ0v) is 14.6. The predicted octanol–water partition coefficient (Wildman–Crippen LogP) is 3.89. The van der Waals surface area contributed by atoms with Gasteiger partial charge in [-0.25, -0.2) is 0 Å². The first-order valence-electron chi connectivity index (χ1n) is 8.34. The van der Waals surface area contributed by atoms with Gasteiger partial charge in [-0.1, -0.05) is 32.0 Å². The van der Waals surface area contributed by atoms with E-state index >= 15 is 0 Å². The molecule has 6 heteroatoms. The Bertz CT molecular complexity index is 729. The Balaban J connectivity index is 1.66. The van der Waals surface area contributed by atoms with Crippen LogP contribution in [0.5, 0.6) is 0 Å². The molecular formula is C18H24N4O2. The second-order valence-electron chi connectivity index (χ2n) is 7.42. The molecule has 1 amide bonds. The van der Waals surface area contributed by atoms with Gasteiger partial charge >= 0.3 is 0 Å². The smallest absolute Gasteiger partial charge is 0.248 e. The fraction of sp³-hybridized carbons (Fsp3) is 0.500. The van der Waals surface area contributed by atoms with Crippen molar-refractivity contribution in [3.63, 3.8) is 0 Å². The van der Waals surface area contributed by atoms with Crippen molar-refractivity contribution in [1.82, 2.24) is 10.1 Å². The van der Waals surface area contributed by atoms with Crippen LogP contribution in [-0.4, -0.2) is 16.0 Å². The minimum Gasteiger partial charge on any atom is -0.374 e. The Hall–Kier alpha value is -2.37. The van der Waals surface area contributed by atoms with E-state index in [9.17, 15) is 4.79 Å². The molecule has 0 unspecified atom stereocenters. The fourth-order valence-electron chi connectivity index (χ4n) is 2.30. The number of hydrogen-bond acceptors (Lipinski definition) is 5. The standard InChI is InChI=1S/C18H24N4O2/c1-11(16-21-17(22-24-16)18(2,3)4)19-13-6-5-7-14(10-13)20-15(23)12-8-9-12/h5-7,10-12,19H,8-9H2,1-4H3,(H,20,23)/t11-/m0/s1. The van der Waals surface area contributed by atoms with E-state index in [1.54, 1.807) is 0 Å². The molecule has 0 bridgehead atoms. The van der Waals surface area contributed by atoms with Crippen LogP contribution >= 0.6 is 0 Å². The second kappa shape index (κ2) is 6.26. The lowest BCUT2D eigenvalue weighted by atomic mass is 9.96. The van der Waals surface area contributed by atoms with Gasteiger partial charge in [-0.3, -0.25) is 4.79 Å². The Labute approximate surface area is 142 Å². The molecule has 1 saturated carbocycles. The van der Waals surface area contributed by atoms with Crippen molar-refractivity contribution in [3.05, 3.63) is 36.0 Å². The van der Waals surface area contributed by atoms with Crippen molar-refractivity contribution in [2.24, 2.45) is 5.92 Å². The largest absolute Gasteiger partial charge is 0.374 e. The SMILES string of the molecule is C[C@H](Nc1cccc(NC(=O)C2CC2)c1)c1nc(C(C)(C)C)no1. The summed E-state index contributed by atoms with van der Waals surface area (Å²) in [6, 6.07) is 7.54. The average molecular weight is 328 g/mol. The third-order valence-electron chi connectivity index (χ3n) is 3.94. The molecule has 1 aromatic heterocycles. The van der Waals surface area contributed by atoms with E-state index in [0.29, 0.717) is 11.7 Å². The lowest BCUT2D eigenvalue weighted by molar-refractivity contribution is -0.117. The summed E-state index contributed by atoms with van der Waals surface area (Å²) in [7, 11) is 0. The van der Waals surface area contributed by atoms with Crippen molar-refractivity contribution in [2.45, 2.75) is 52.0 Å².